The lowest BCUT2D eigenvalue weighted by atomic mass is 10.1. The molecule has 1 fully saturated rings. The van der Waals surface area contributed by atoms with Crippen LogP contribution in [-0.2, 0) is 18.4 Å². The smallest absolute Gasteiger partial charge is 0.333 e. The monoisotopic (exact) mass is 384 g/mol. The van der Waals surface area contributed by atoms with Gasteiger partial charge in [0, 0.05) is 12.2 Å². The Kier molecular flexibility index (Phi) is 13.0. The van der Waals surface area contributed by atoms with Crippen LogP contribution < -0.4 is 0 Å². The summed E-state index contributed by atoms with van der Waals surface area (Å²) in [5, 5.41) is 0. The zero-order valence-electron chi connectivity index (χ0n) is 17.4. The van der Waals surface area contributed by atoms with Crippen LogP contribution in [0.1, 0.15) is 91.9 Å². The minimum atomic E-state index is -1.57. The fraction of sp³-hybridized carbons (Fsp3) is 0.857. The quantitative estimate of drug-likeness (QED) is 0.183. The fourth-order valence-electron chi connectivity index (χ4n) is 3.21. The van der Waals surface area contributed by atoms with Crippen molar-refractivity contribution in [2.45, 2.75) is 110 Å². The van der Waals surface area contributed by atoms with E-state index in [-0.39, 0.29) is 18.2 Å². The SMILES string of the molecule is CCCCCCCCC=C(C)C(=O)OC(CC)C(C)O[SiH]1CCCCO1. The van der Waals surface area contributed by atoms with Gasteiger partial charge >= 0.3 is 15.3 Å². The standard InChI is InChI=1S/C21H40O4Si/c1-5-7-8-9-10-11-12-15-18(3)21(22)24-20(6-2)19(4)25-26-17-14-13-16-23-26/h15,19-20,26H,5-14,16-17H2,1-4H3. The molecule has 0 aromatic heterocycles. The molecular weight excluding hydrogens is 344 g/mol. The third-order valence-electron chi connectivity index (χ3n) is 5.02. The summed E-state index contributed by atoms with van der Waals surface area (Å²) in [5.74, 6) is -0.204. The molecule has 0 aliphatic carbocycles. The van der Waals surface area contributed by atoms with Crippen molar-refractivity contribution in [1.82, 2.24) is 0 Å². The first-order valence-corrected chi connectivity index (χ1v) is 12.5. The van der Waals surface area contributed by atoms with Crippen molar-refractivity contribution in [1.29, 1.82) is 0 Å². The van der Waals surface area contributed by atoms with Gasteiger partial charge in [-0.15, -0.1) is 0 Å². The first kappa shape index (κ1) is 23.4. The van der Waals surface area contributed by atoms with Crippen LogP contribution in [0.4, 0.5) is 0 Å². The van der Waals surface area contributed by atoms with Crippen LogP contribution in [0.3, 0.4) is 0 Å². The van der Waals surface area contributed by atoms with E-state index in [9.17, 15) is 4.79 Å². The van der Waals surface area contributed by atoms with Gasteiger partial charge in [-0.25, -0.2) is 4.79 Å². The highest BCUT2D eigenvalue weighted by Gasteiger charge is 2.26. The van der Waals surface area contributed by atoms with Crippen LogP contribution in [0.2, 0.25) is 6.04 Å². The maximum absolute atomic E-state index is 12.3. The van der Waals surface area contributed by atoms with Gasteiger partial charge in [-0.2, -0.15) is 0 Å². The van der Waals surface area contributed by atoms with Crippen molar-refractivity contribution in [3.63, 3.8) is 0 Å². The predicted molar refractivity (Wildman–Crippen MR) is 110 cm³/mol. The number of esters is 1. The summed E-state index contributed by atoms with van der Waals surface area (Å²) in [6.45, 7) is 8.95. The second-order valence-electron chi connectivity index (χ2n) is 7.43. The van der Waals surface area contributed by atoms with Gasteiger partial charge in [0.05, 0.1) is 6.10 Å². The number of ether oxygens (including phenoxy) is 1. The molecule has 1 saturated heterocycles. The van der Waals surface area contributed by atoms with Gasteiger partial charge in [-0.05, 0) is 52.0 Å². The van der Waals surface area contributed by atoms with Crippen LogP contribution in [0, 0.1) is 0 Å². The topological polar surface area (TPSA) is 44.8 Å². The Labute approximate surface area is 162 Å². The number of carbonyl (C=O) groups excluding carboxylic acids is 1. The maximum atomic E-state index is 12.3. The van der Waals surface area contributed by atoms with Crippen molar-refractivity contribution in [3.8, 4) is 0 Å². The van der Waals surface area contributed by atoms with Gasteiger partial charge in [0.25, 0.3) is 0 Å². The number of hydrogen-bond donors (Lipinski definition) is 0. The van der Waals surface area contributed by atoms with E-state index in [1.807, 2.05) is 26.8 Å². The molecule has 3 atom stereocenters. The number of hydrogen-bond acceptors (Lipinski definition) is 4. The molecule has 0 radical (unpaired) electrons. The van der Waals surface area contributed by atoms with Crippen LogP contribution in [0.25, 0.3) is 0 Å². The predicted octanol–water partition coefficient (Wildman–Crippen LogP) is 5.44. The molecule has 3 unspecified atom stereocenters. The first-order valence-electron chi connectivity index (χ1n) is 10.7. The minimum Gasteiger partial charge on any atom is -0.456 e. The highest BCUT2D eigenvalue weighted by atomic mass is 28.3. The van der Waals surface area contributed by atoms with Gasteiger partial charge in [0.15, 0.2) is 0 Å². The third-order valence-corrected chi connectivity index (χ3v) is 7.24. The zero-order chi connectivity index (χ0) is 19.2. The summed E-state index contributed by atoms with van der Waals surface area (Å²) in [7, 11) is -1.57. The Hall–Kier alpha value is -0.653. The molecule has 152 valence electrons. The normalized spacial score (nSPS) is 20.6. The van der Waals surface area contributed by atoms with E-state index in [0.29, 0.717) is 0 Å². The summed E-state index contributed by atoms with van der Waals surface area (Å²) in [5.41, 5.74) is 0.718. The Morgan fingerprint density at radius 3 is 2.54 bits per heavy atom. The van der Waals surface area contributed by atoms with Crippen LogP contribution in [0.5, 0.6) is 0 Å². The molecule has 0 spiro atoms. The van der Waals surface area contributed by atoms with Gasteiger partial charge in [0.2, 0.25) is 0 Å². The molecule has 4 nitrogen and oxygen atoms in total. The molecule has 0 aromatic carbocycles. The van der Waals surface area contributed by atoms with Crippen molar-refractivity contribution < 1.29 is 18.4 Å². The van der Waals surface area contributed by atoms with Gasteiger partial charge in [-0.1, -0.05) is 52.0 Å². The number of rotatable bonds is 13. The second-order valence-corrected chi connectivity index (χ2v) is 9.47. The fourth-order valence-corrected chi connectivity index (χ4v) is 5.30. The average Bonchev–Trinajstić information content (AvgIpc) is 2.65. The molecule has 0 aromatic rings. The number of unbranched alkanes of at least 4 members (excludes halogenated alkanes) is 6. The van der Waals surface area contributed by atoms with E-state index in [1.54, 1.807) is 0 Å². The van der Waals surface area contributed by atoms with E-state index in [2.05, 4.69) is 6.92 Å². The molecular formula is C21H40O4Si. The minimum absolute atomic E-state index is 0.0925. The molecule has 1 aliphatic rings. The largest absolute Gasteiger partial charge is 0.456 e. The summed E-state index contributed by atoms with van der Waals surface area (Å²) in [6.07, 6.45) is 13.4. The molecule has 1 rings (SSSR count). The lowest BCUT2D eigenvalue weighted by Crippen LogP contribution is -2.38. The van der Waals surface area contributed by atoms with Crippen molar-refractivity contribution in [2.75, 3.05) is 6.61 Å². The summed E-state index contributed by atoms with van der Waals surface area (Å²) in [6, 6.07) is 1.06. The van der Waals surface area contributed by atoms with Gasteiger partial charge in [-0.3, -0.25) is 0 Å². The molecule has 5 heteroatoms. The molecule has 26 heavy (non-hydrogen) atoms. The summed E-state index contributed by atoms with van der Waals surface area (Å²) >= 11 is 0. The Bertz CT molecular complexity index is 405. The van der Waals surface area contributed by atoms with Crippen molar-refractivity contribution >= 4 is 15.3 Å². The average molecular weight is 385 g/mol. The molecule has 0 amide bonds. The Morgan fingerprint density at radius 2 is 1.88 bits per heavy atom. The molecule has 0 saturated carbocycles. The zero-order valence-corrected chi connectivity index (χ0v) is 18.6. The molecule has 0 N–H and O–H groups in total. The van der Waals surface area contributed by atoms with E-state index in [0.717, 1.165) is 43.9 Å². The first-order chi connectivity index (χ1) is 12.6. The van der Waals surface area contributed by atoms with Crippen molar-refractivity contribution in [2.24, 2.45) is 0 Å². The lowest BCUT2D eigenvalue weighted by Gasteiger charge is -2.29. The Morgan fingerprint density at radius 1 is 1.15 bits per heavy atom. The molecule has 1 aliphatic heterocycles. The summed E-state index contributed by atoms with van der Waals surface area (Å²) < 4.78 is 17.6. The highest BCUT2D eigenvalue weighted by Crippen LogP contribution is 2.18. The molecule has 0 bridgehead atoms. The van der Waals surface area contributed by atoms with Crippen molar-refractivity contribution in [3.05, 3.63) is 11.6 Å². The maximum Gasteiger partial charge on any atom is 0.333 e. The van der Waals surface area contributed by atoms with E-state index in [1.165, 1.54) is 38.5 Å². The molecule has 1 heterocycles. The second kappa shape index (κ2) is 14.4. The summed E-state index contributed by atoms with van der Waals surface area (Å²) in [4.78, 5) is 12.3. The van der Waals surface area contributed by atoms with Gasteiger partial charge < -0.3 is 13.6 Å². The Balaban J connectivity index is 2.30. The van der Waals surface area contributed by atoms with Gasteiger partial charge in [0.1, 0.15) is 6.10 Å². The third kappa shape index (κ3) is 9.88. The number of allylic oxidation sites excluding steroid dienone is 1. The van der Waals surface area contributed by atoms with E-state index < -0.39 is 9.28 Å². The van der Waals surface area contributed by atoms with Crippen LogP contribution >= 0.6 is 0 Å². The van der Waals surface area contributed by atoms with E-state index in [4.69, 9.17) is 13.6 Å². The number of carbonyl (C=O) groups is 1. The highest BCUT2D eigenvalue weighted by molar-refractivity contribution is 6.44. The van der Waals surface area contributed by atoms with Crippen LogP contribution in [0.15, 0.2) is 11.6 Å². The van der Waals surface area contributed by atoms with Crippen LogP contribution in [-0.4, -0.2) is 34.1 Å². The lowest BCUT2D eigenvalue weighted by molar-refractivity contribution is -0.149. The van der Waals surface area contributed by atoms with E-state index >= 15 is 0 Å².